The summed E-state index contributed by atoms with van der Waals surface area (Å²) in [5.41, 5.74) is 7.30. The predicted octanol–water partition coefficient (Wildman–Crippen LogP) is 1.63. The van der Waals surface area contributed by atoms with Crippen molar-refractivity contribution in [2.45, 2.75) is 6.92 Å². The molecule has 0 saturated carbocycles. The van der Waals surface area contributed by atoms with Crippen molar-refractivity contribution in [2.75, 3.05) is 25.6 Å². The van der Waals surface area contributed by atoms with Crippen LogP contribution < -0.4 is 10.5 Å². The van der Waals surface area contributed by atoms with Gasteiger partial charge in [-0.3, -0.25) is 0 Å². The molecule has 17 heavy (non-hydrogen) atoms. The van der Waals surface area contributed by atoms with Crippen LogP contribution in [-0.2, 0) is 4.74 Å². The van der Waals surface area contributed by atoms with Crippen molar-refractivity contribution in [3.63, 3.8) is 0 Å². The van der Waals surface area contributed by atoms with Gasteiger partial charge in [0, 0.05) is 6.61 Å². The van der Waals surface area contributed by atoms with Gasteiger partial charge in [-0.25, -0.2) is 9.97 Å². The summed E-state index contributed by atoms with van der Waals surface area (Å²) in [5.74, 6) is 0.670. The van der Waals surface area contributed by atoms with E-state index in [2.05, 4.69) is 9.97 Å². The fourth-order valence-electron chi connectivity index (χ4n) is 1.45. The molecule has 0 atom stereocenters. The van der Waals surface area contributed by atoms with Crippen molar-refractivity contribution in [3.8, 4) is 5.88 Å². The molecular formula is C12H15N3O2. The van der Waals surface area contributed by atoms with Crippen LogP contribution in [0.4, 0.5) is 5.82 Å². The Kier molecular flexibility index (Phi) is 3.72. The summed E-state index contributed by atoms with van der Waals surface area (Å²) in [5, 5.41) is 0. The highest BCUT2D eigenvalue weighted by Gasteiger charge is 2.06. The second-order valence-corrected chi connectivity index (χ2v) is 3.45. The van der Waals surface area contributed by atoms with Gasteiger partial charge < -0.3 is 15.2 Å². The number of rotatable bonds is 5. The Morgan fingerprint density at radius 2 is 1.82 bits per heavy atom. The molecular weight excluding hydrogens is 218 g/mol. The minimum atomic E-state index is 0.306. The van der Waals surface area contributed by atoms with Crippen LogP contribution >= 0.6 is 0 Å². The van der Waals surface area contributed by atoms with Crippen molar-refractivity contribution in [3.05, 3.63) is 24.3 Å². The lowest BCUT2D eigenvalue weighted by Gasteiger charge is -2.08. The molecule has 0 amide bonds. The zero-order chi connectivity index (χ0) is 12.1. The summed E-state index contributed by atoms with van der Waals surface area (Å²) in [6, 6.07) is 7.53. The fourth-order valence-corrected chi connectivity index (χ4v) is 1.45. The Morgan fingerprint density at radius 3 is 2.53 bits per heavy atom. The predicted molar refractivity (Wildman–Crippen MR) is 65.9 cm³/mol. The molecule has 0 radical (unpaired) electrons. The third-order valence-corrected chi connectivity index (χ3v) is 2.23. The van der Waals surface area contributed by atoms with Gasteiger partial charge in [-0.1, -0.05) is 12.1 Å². The minimum Gasteiger partial charge on any atom is -0.473 e. The van der Waals surface area contributed by atoms with Gasteiger partial charge in [-0.15, -0.1) is 0 Å². The Bertz CT molecular complexity index is 502. The third kappa shape index (κ3) is 2.82. The van der Waals surface area contributed by atoms with Crippen LogP contribution in [0, 0.1) is 0 Å². The van der Waals surface area contributed by atoms with Crippen molar-refractivity contribution in [1.82, 2.24) is 9.97 Å². The van der Waals surface area contributed by atoms with E-state index < -0.39 is 0 Å². The Balaban J connectivity index is 2.14. The zero-order valence-corrected chi connectivity index (χ0v) is 9.72. The first-order valence-electron chi connectivity index (χ1n) is 5.54. The topological polar surface area (TPSA) is 70.3 Å². The summed E-state index contributed by atoms with van der Waals surface area (Å²) in [4.78, 5) is 8.53. The van der Waals surface area contributed by atoms with Gasteiger partial charge in [0.05, 0.1) is 17.6 Å². The Hall–Kier alpha value is -1.88. The average Bonchev–Trinajstić information content (AvgIpc) is 2.35. The lowest BCUT2D eigenvalue weighted by atomic mass is 10.3. The van der Waals surface area contributed by atoms with Crippen molar-refractivity contribution in [2.24, 2.45) is 0 Å². The van der Waals surface area contributed by atoms with E-state index in [-0.39, 0.29) is 0 Å². The number of ether oxygens (including phenoxy) is 2. The molecule has 90 valence electrons. The van der Waals surface area contributed by atoms with Gasteiger partial charge in [0.1, 0.15) is 6.61 Å². The van der Waals surface area contributed by atoms with Gasteiger partial charge in [-0.05, 0) is 19.1 Å². The van der Waals surface area contributed by atoms with E-state index in [1.807, 2.05) is 31.2 Å². The minimum absolute atomic E-state index is 0.306. The molecule has 2 rings (SSSR count). The van der Waals surface area contributed by atoms with Crippen molar-refractivity contribution < 1.29 is 9.47 Å². The summed E-state index contributed by atoms with van der Waals surface area (Å²) < 4.78 is 10.6. The summed E-state index contributed by atoms with van der Waals surface area (Å²) in [6.45, 7) is 3.54. The molecule has 2 N–H and O–H groups in total. The number of benzene rings is 1. The first-order chi connectivity index (χ1) is 8.31. The van der Waals surface area contributed by atoms with E-state index in [9.17, 15) is 0 Å². The molecule has 0 spiro atoms. The maximum absolute atomic E-state index is 5.76. The van der Waals surface area contributed by atoms with Crippen molar-refractivity contribution in [1.29, 1.82) is 0 Å². The van der Waals surface area contributed by atoms with Gasteiger partial charge in [0.15, 0.2) is 5.82 Å². The van der Waals surface area contributed by atoms with Gasteiger partial charge >= 0.3 is 0 Å². The highest BCUT2D eigenvalue weighted by Crippen LogP contribution is 2.20. The highest BCUT2D eigenvalue weighted by atomic mass is 16.5. The van der Waals surface area contributed by atoms with Gasteiger partial charge in [-0.2, -0.15) is 0 Å². The monoisotopic (exact) mass is 233 g/mol. The van der Waals surface area contributed by atoms with E-state index in [1.165, 1.54) is 0 Å². The molecule has 0 saturated heterocycles. The lowest BCUT2D eigenvalue weighted by molar-refractivity contribution is 0.109. The zero-order valence-electron chi connectivity index (χ0n) is 9.72. The molecule has 0 aliphatic carbocycles. The number of nitrogen functional groups attached to an aromatic ring is 1. The molecule has 0 aliphatic heterocycles. The van der Waals surface area contributed by atoms with E-state index >= 15 is 0 Å². The second kappa shape index (κ2) is 5.45. The summed E-state index contributed by atoms with van der Waals surface area (Å²) in [6.07, 6.45) is 0. The van der Waals surface area contributed by atoms with Crippen LogP contribution in [0.2, 0.25) is 0 Å². The molecule has 5 heteroatoms. The number of anilines is 1. The van der Waals surface area contributed by atoms with E-state index in [0.717, 1.165) is 11.0 Å². The highest BCUT2D eigenvalue weighted by molar-refractivity contribution is 5.76. The molecule has 0 unspecified atom stereocenters. The van der Waals surface area contributed by atoms with Crippen molar-refractivity contribution >= 4 is 16.9 Å². The van der Waals surface area contributed by atoms with Crippen LogP contribution in [0.25, 0.3) is 11.0 Å². The maximum atomic E-state index is 5.76. The first-order valence-corrected chi connectivity index (χ1v) is 5.54. The van der Waals surface area contributed by atoms with Gasteiger partial charge in [0.25, 0.3) is 5.88 Å². The normalized spacial score (nSPS) is 10.6. The standard InChI is InChI=1S/C12H15N3O2/c1-2-16-7-8-17-12-11(13)14-9-5-3-4-6-10(9)15-12/h3-6H,2,7-8H2,1H3,(H2,13,14). The average molecular weight is 233 g/mol. The smallest absolute Gasteiger partial charge is 0.257 e. The molecule has 1 aromatic heterocycles. The maximum Gasteiger partial charge on any atom is 0.257 e. The largest absolute Gasteiger partial charge is 0.473 e. The SMILES string of the molecule is CCOCCOc1nc2ccccc2nc1N. The number of nitrogens with zero attached hydrogens (tertiary/aromatic N) is 2. The third-order valence-electron chi connectivity index (χ3n) is 2.23. The molecule has 0 aliphatic rings. The van der Waals surface area contributed by atoms with Crippen LogP contribution in [0.15, 0.2) is 24.3 Å². The fraction of sp³-hybridized carbons (Fsp3) is 0.333. The Morgan fingerprint density at radius 1 is 1.12 bits per heavy atom. The molecule has 0 fully saturated rings. The Labute approximate surface area is 99.6 Å². The number of fused-ring (bicyclic) bond motifs is 1. The number of hydrogen-bond acceptors (Lipinski definition) is 5. The summed E-state index contributed by atoms with van der Waals surface area (Å²) >= 11 is 0. The molecule has 5 nitrogen and oxygen atoms in total. The van der Waals surface area contributed by atoms with E-state index in [1.54, 1.807) is 0 Å². The number of aromatic nitrogens is 2. The second-order valence-electron chi connectivity index (χ2n) is 3.45. The quantitative estimate of drug-likeness (QED) is 0.795. The van der Waals surface area contributed by atoms with Crippen LogP contribution in [-0.4, -0.2) is 29.8 Å². The number of para-hydroxylation sites is 2. The molecule has 1 heterocycles. The van der Waals surface area contributed by atoms with E-state index in [4.69, 9.17) is 15.2 Å². The van der Waals surface area contributed by atoms with E-state index in [0.29, 0.717) is 31.5 Å². The van der Waals surface area contributed by atoms with Crippen LogP contribution in [0.1, 0.15) is 6.92 Å². The number of nitrogens with two attached hydrogens (primary N) is 1. The molecule has 1 aromatic carbocycles. The first kappa shape index (κ1) is 11.6. The molecule has 2 aromatic rings. The lowest BCUT2D eigenvalue weighted by Crippen LogP contribution is -2.09. The molecule has 0 bridgehead atoms. The van der Waals surface area contributed by atoms with Crippen LogP contribution in [0.3, 0.4) is 0 Å². The van der Waals surface area contributed by atoms with Gasteiger partial charge in [0.2, 0.25) is 0 Å². The van der Waals surface area contributed by atoms with Crippen LogP contribution in [0.5, 0.6) is 5.88 Å². The number of hydrogen-bond donors (Lipinski definition) is 1. The summed E-state index contributed by atoms with van der Waals surface area (Å²) in [7, 11) is 0.